The van der Waals surface area contributed by atoms with E-state index in [1.54, 1.807) is 74.6 Å². The molecule has 0 aliphatic heterocycles. The van der Waals surface area contributed by atoms with E-state index in [4.69, 9.17) is 4.74 Å². The number of hydrogen-bond donors (Lipinski definition) is 2. The fraction of sp³-hybridized carbons (Fsp3) is 0.120. The van der Waals surface area contributed by atoms with E-state index >= 15 is 0 Å². The van der Waals surface area contributed by atoms with Crippen LogP contribution in [0.3, 0.4) is 0 Å². The summed E-state index contributed by atoms with van der Waals surface area (Å²) in [7, 11) is 0. The third kappa shape index (κ3) is 5.31. The van der Waals surface area contributed by atoms with Gasteiger partial charge in [-0.3, -0.25) is 19.7 Å². The number of ether oxygens (including phenoxy) is 1. The Balaban J connectivity index is 1.49. The van der Waals surface area contributed by atoms with E-state index in [1.165, 1.54) is 4.52 Å². The normalized spacial score (nSPS) is 10.9. The number of pyridine rings is 1. The minimum absolute atomic E-state index is 0.00816. The molecule has 4 aromatic rings. The Hall–Kier alpha value is -5.04. The first-order valence-corrected chi connectivity index (χ1v) is 10.5. The maximum atomic E-state index is 12.8. The number of amides is 2. The van der Waals surface area contributed by atoms with Crippen LogP contribution >= 0.6 is 0 Å². The molecule has 0 atom stereocenters. The van der Waals surface area contributed by atoms with Crippen LogP contribution in [0.25, 0.3) is 5.65 Å². The number of nitriles is 1. The quantitative estimate of drug-likeness (QED) is 0.311. The van der Waals surface area contributed by atoms with E-state index in [2.05, 4.69) is 26.8 Å². The van der Waals surface area contributed by atoms with Gasteiger partial charge in [0.2, 0.25) is 12.2 Å². The Bertz CT molecular complexity index is 1480. The van der Waals surface area contributed by atoms with Gasteiger partial charge in [0.1, 0.15) is 11.5 Å². The molecule has 2 amide bonds. The van der Waals surface area contributed by atoms with Crippen molar-refractivity contribution in [2.45, 2.75) is 19.3 Å². The van der Waals surface area contributed by atoms with Crippen molar-refractivity contribution in [1.82, 2.24) is 14.6 Å². The summed E-state index contributed by atoms with van der Waals surface area (Å²) >= 11 is 0. The number of hydrogen-bond acceptors (Lipinski definition) is 7. The van der Waals surface area contributed by atoms with Crippen molar-refractivity contribution in [3.63, 3.8) is 0 Å². The summed E-state index contributed by atoms with van der Waals surface area (Å²) in [6.45, 7) is 3.59. The van der Waals surface area contributed by atoms with E-state index < -0.39 is 11.3 Å². The number of aldehydes is 1. The van der Waals surface area contributed by atoms with Gasteiger partial charge in [0, 0.05) is 17.3 Å². The van der Waals surface area contributed by atoms with Gasteiger partial charge < -0.3 is 10.1 Å². The number of carbonyl (C=O) groups excluding carboxylic acids is 3. The molecule has 0 aliphatic rings. The Kier molecular flexibility index (Phi) is 6.24. The van der Waals surface area contributed by atoms with Crippen LogP contribution in [-0.4, -0.2) is 32.7 Å². The van der Waals surface area contributed by atoms with Crippen molar-refractivity contribution >= 4 is 35.4 Å². The molecule has 0 spiro atoms. The van der Waals surface area contributed by atoms with Crippen LogP contribution in [0, 0.1) is 11.3 Å². The van der Waals surface area contributed by atoms with Gasteiger partial charge in [0.05, 0.1) is 17.7 Å². The van der Waals surface area contributed by atoms with Crippen molar-refractivity contribution in [3.8, 4) is 17.6 Å². The number of nitrogens with one attached hydrogen (secondary N) is 2. The first-order valence-electron chi connectivity index (χ1n) is 10.5. The molecule has 0 fully saturated rings. The number of fused-ring (bicyclic) bond motifs is 1. The summed E-state index contributed by atoms with van der Waals surface area (Å²) in [6, 6.07) is 19.4. The molecule has 35 heavy (non-hydrogen) atoms. The highest BCUT2D eigenvalue weighted by Crippen LogP contribution is 2.26. The van der Waals surface area contributed by atoms with Gasteiger partial charge in [-0.1, -0.05) is 18.2 Å². The third-order valence-electron chi connectivity index (χ3n) is 5.10. The summed E-state index contributed by atoms with van der Waals surface area (Å²) in [6.07, 6.45) is 1.70. The van der Waals surface area contributed by atoms with Crippen LogP contribution in [-0.2, 0) is 15.0 Å². The molecule has 2 aromatic carbocycles. The highest BCUT2D eigenvalue weighted by molar-refractivity contribution is 6.29. The molecule has 0 aliphatic carbocycles. The molecule has 10 heteroatoms. The van der Waals surface area contributed by atoms with E-state index in [0.29, 0.717) is 28.4 Å². The van der Waals surface area contributed by atoms with Crippen LogP contribution in [0.15, 0.2) is 66.9 Å². The number of anilines is 2. The lowest BCUT2D eigenvalue weighted by Crippen LogP contribution is -2.17. The predicted octanol–water partition coefficient (Wildman–Crippen LogP) is 3.71. The fourth-order valence-corrected chi connectivity index (χ4v) is 3.21. The Morgan fingerprint density at radius 1 is 1.06 bits per heavy atom. The topological polar surface area (TPSA) is 138 Å². The van der Waals surface area contributed by atoms with Gasteiger partial charge >= 0.3 is 0 Å². The van der Waals surface area contributed by atoms with Gasteiger partial charge in [-0.05, 0) is 55.8 Å². The number of benzene rings is 2. The first kappa shape index (κ1) is 23.1. The van der Waals surface area contributed by atoms with Crippen LogP contribution in [0.2, 0.25) is 0 Å². The number of carbonyl (C=O) groups is 3. The minimum atomic E-state index is -0.850. The van der Waals surface area contributed by atoms with Gasteiger partial charge in [-0.2, -0.15) is 10.2 Å². The van der Waals surface area contributed by atoms with Gasteiger partial charge in [0.15, 0.2) is 5.65 Å². The molecular formula is C25H20N6O4. The monoisotopic (exact) mass is 468 g/mol. The molecule has 0 saturated heterocycles. The SMILES string of the molecule is CC(C)(C#N)c1cccc(C(=O)Nc2cccc(Oc3ccc4nc(NC(=O)C=O)nn4c3)c2)c1. The molecule has 0 saturated carbocycles. The van der Waals surface area contributed by atoms with Gasteiger partial charge in [-0.15, -0.1) is 5.10 Å². The van der Waals surface area contributed by atoms with E-state index in [9.17, 15) is 19.6 Å². The zero-order chi connectivity index (χ0) is 25.0. The second kappa shape index (κ2) is 9.44. The lowest BCUT2D eigenvalue weighted by molar-refractivity contribution is -0.127. The maximum absolute atomic E-state index is 12.8. The molecule has 10 nitrogen and oxygen atoms in total. The van der Waals surface area contributed by atoms with Crippen molar-refractivity contribution < 1.29 is 19.1 Å². The number of aromatic nitrogens is 3. The molecule has 0 bridgehead atoms. The second-order valence-corrected chi connectivity index (χ2v) is 8.11. The van der Waals surface area contributed by atoms with Crippen molar-refractivity contribution in [1.29, 1.82) is 5.26 Å². The van der Waals surface area contributed by atoms with Crippen molar-refractivity contribution in [2.24, 2.45) is 0 Å². The Morgan fingerprint density at radius 2 is 1.86 bits per heavy atom. The average molecular weight is 468 g/mol. The first-order chi connectivity index (χ1) is 16.8. The van der Waals surface area contributed by atoms with Gasteiger partial charge in [-0.25, -0.2) is 4.52 Å². The van der Waals surface area contributed by atoms with Crippen LogP contribution in [0.1, 0.15) is 29.8 Å². The zero-order valence-corrected chi connectivity index (χ0v) is 18.9. The summed E-state index contributed by atoms with van der Waals surface area (Å²) < 4.78 is 7.28. The molecule has 0 radical (unpaired) electrons. The van der Waals surface area contributed by atoms with Crippen LogP contribution < -0.4 is 15.4 Å². The maximum Gasteiger partial charge on any atom is 0.290 e. The zero-order valence-electron chi connectivity index (χ0n) is 18.9. The van der Waals surface area contributed by atoms with E-state index in [1.807, 2.05) is 6.07 Å². The molecule has 2 heterocycles. The largest absolute Gasteiger partial charge is 0.456 e. The fourth-order valence-electron chi connectivity index (χ4n) is 3.21. The molecule has 2 N–H and O–H groups in total. The standard InChI is InChI=1S/C25H20N6O4/c1-25(2,15-26)17-6-3-5-16(11-17)23(34)27-18-7-4-8-19(12-18)35-20-9-10-21-28-24(29-22(33)14-32)30-31(21)13-20/h3-14H,1-2H3,(H,27,34)(H,29,30,33). The number of nitrogens with zero attached hydrogens (tertiary/aromatic N) is 4. The third-order valence-corrected chi connectivity index (χ3v) is 5.10. The van der Waals surface area contributed by atoms with Crippen LogP contribution in [0.4, 0.5) is 11.6 Å². The predicted molar refractivity (Wildman–Crippen MR) is 127 cm³/mol. The lowest BCUT2D eigenvalue weighted by atomic mass is 9.85. The highest BCUT2D eigenvalue weighted by Gasteiger charge is 2.21. The summed E-state index contributed by atoms with van der Waals surface area (Å²) in [5, 5.41) is 18.5. The van der Waals surface area contributed by atoms with Gasteiger partial charge in [0.25, 0.3) is 11.8 Å². The Labute approximate surface area is 200 Å². The summed E-state index contributed by atoms with van der Waals surface area (Å²) in [4.78, 5) is 38.6. The Morgan fingerprint density at radius 3 is 2.63 bits per heavy atom. The lowest BCUT2D eigenvalue weighted by Gasteiger charge is -2.16. The van der Waals surface area contributed by atoms with E-state index in [0.717, 1.165) is 5.56 Å². The molecule has 4 rings (SSSR count). The number of rotatable bonds is 7. The average Bonchev–Trinajstić information content (AvgIpc) is 3.25. The van der Waals surface area contributed by atoms with Crippen molar-refractivity contribution in [2.75, 3.05) is 10.6 Å². The highest BCUT2D eigenvalue weighted by atomic mass is 16.5. The molecule has 2 aromatic heterocycles. The molecule has 174 valence electrons. The summed E-state index contributed by atoms with van der Waals surface area (Å²) in [5.41, 5.74) is 1.45. The molecular weight excluding hydrogens is 448 g/mol. The smallest absolute Gasteiger partial charge is 0.290 e. The van der Waals surface area contributed by atoms with Crippen LogP contribution in [0.5, 0.6) is 11.5 Å². The second-order valence-electron chi connectivity index (χ2n) is 8.11. The van der Waals surface area contributed by atoms with E-state index in [-0.39, 0.29) is 18.1 Å². The minimum Gasteiger partial charge on any atom is -0.456 e. The summed E-state index contributed by atoms with van der Waals surface area (Å²) in [5.74, 6) is -0.267. The molecule has 0 unspecified atom stereocenters. The van der Waals surface area contributed by atoms with Crippen molar-refractivity contribution in [3.05, 3.63) is 78.0 Å².